The van der Waals surface area contributed by atoms with E-state index in [0.717, 1.165) is 43.2 Å². The van der Waals surface area contributed by atoms with E-state index >= 15 is 0 Å². The van der Waals surface area contributed by atoms with Crippen molar-refractivity contribution in [1.82, 2.24) is 9.71 Å². The Balaban J connectivity index is 1.58. The van der Waals surface area contributed by atoms with Crippen LogP contribution in [0.25, 0.3) is 0 Å². The third-order valence-electron chi connectivity index (χ3n) is 9.61. The molecule has 3 aliphatic rings. The molecule has 234 valence electrons. The number of rotatable bonds is 2. The van der Waals surface area contributed by atoms with Crippen LogP contribution in [0.3, 0.4) is 0 Å². The van der Waals surface area contributed by atoms with Crippen LogP contribution in [-0.4, -0.2) is 62.1 Å². The van der Waals surface area contributed by atoms with Gasteiger partial charge >= 0.3 is 0 Å². The van der Waals surface area contributed by atoms with Crippen molar-refractivity contribution in [2.24, 2.45) is 17.8 Å². The lowest BCUT2D eigenvalue weighted by molar-refractivity contribution is -0.103. The zero-order valence-electron chi connectivity index (χ0n) is 25.1. The van der Waals surface area contributed by atoms with Gasteiger partial charge in [-0.05, 0) is 98.6 Å². The van der Waals surface area contributed by atoms with Crippen LogP contribution in [0.5, 0.6) is 5.75 Å². The van der Waals surface area contributed by atoms with Gasteiger partial charge in [0.2, 0.25) is 10.0 Å². The number of carbonyl (C=O) groups is 1. The zero-order chi connectivity index (χ0) is 30.8. The lowest BCUT2D eigenvalue weighted by Crippen LogP contribution is -2.53. The second-order valence-corrected chi connectivity index (χ2v) is 14.7. The van der Waals surface area contributed by atoms with Crippen LogP contribution >= 0.6 is 11.6 Å². The van der Waals surface area contributed by atoms with Crippen LogP contribution < -0.4 is 14.4 Å². The molecule has 1 aromatic heterocycles. The van der Waals surface area contributed by atoms with E-state index in [0.29, 0.717) is 42.7 Å². The highest BCUT2D eigenvalue weighted by molar-refractivity contribution is 7.90. The topological polar surface area (TPSA) is 118 Å². The molecule has 9 nitrogen and oxygen atoms in total. The highest BCUT2D eigenvalue weighted by atomic mass is 35.5. The van der Waals surface area contributed by atoms with Gasteiger partial charge in [0, 0.05) is 25.2 Å². The van der Waals surface area contributed by atoms with Gasteiger partial charge in [0.1, 0.15) is 17.9 Å². The van der Waals surface area contributed by atoms with E-state index in [2.05, 4.69) is 9.62 Å². The molecule has 1 fully saturated rings. The molecule has 5 atom stereocenters. The maximum atomic E-state index is 13.3. The van der Waals surface area contributed by atoms with Crippen LogP contribution in [-0.2, 0) is 27.8 Å². The number of pyridine rings is 1. The van der Waals surface area contributed by atoms with Crippen LogP contribution in [0.15, 0.2) is 42.5 Å². The molecule has 1 aromatic carbocycles. The zero-order valence-corrected chi connectivity index (χ0v) is 26.7. The number of anilines is 1. The lowest BCUT2D eigenvalue weighted by atomic mass is 9.64. The summed E-state index contributed by atoms with van der Waals surface area (Å²) < 4.78 is 41.0. The van der Waals surface area contributed by atoms with Crippen molar-refractivity contribution in [3.05, 3.63) is 64.3 Å². The van der Waals surface area contributed by atoms with Gasteiger partial charge in [0.05, 0.1) is 11.9 Å². The molecule has 1 saturated carbocycles. The molecule has 2 aliphatic heterocycles. The summed E-state index contributed by atoms with van der Waals surface area (Å²) in [5.74, 6) is 0.226. The fourth-order valence-electron chi connectivity index (χ4n) is 6.47. The van der Waals surface area contributed by atoms with Gasteiger partial charge in [-0.3, -0.25) is 4.79 Å². The first-order chi connectivity index (χ1) is 20.6. The Bertz CT molecular complexity index is 1460. The number of methoxy groups -OCH3 is 1. The van der Waals surface area contributed by atoms with Crippen molar-refractivity contribution in [2.75, 3.05) is 31.7 Å². The van der Waals surface area contributed by atoms with E-state index in [9.17, 15) is 18.3 Å². The Morgan fingerprint density at radius 3 is 2.72 bits per heavy atom. The summed E-state index contributed by atoms with van der Waals surface area (Å²) in [6, 6.07) is 9.04. The fraction of sp³-hybridized carbons (Fsp3) is 0.562. The smallest absolute Gasteiger partial charge is 0.283 e. The second kappa shape index (κ2) is 13.1. The third kappa shape index (κ3) is 6.72. The van der Waals surface area contributed by atoms with Crippen molar-refractivity contribution < 1.29 is 27.8 Å². The molecule has 2 aromatic rings. The summed E-state index contributed by atoms with van der Waals surface area (Å²) in [4.78, 5) is 20.2. The maximum Gasteiger partial charge on any atom is 0.283 e. The summed E-state index contributed by atoms with van der Waals surface area (Å²) >= 11 is 6.31. The number of aliphatic hydroxyl groups is 1. The number of allylic oxidation sites excluding steroid dienone is 1. The SMILES string of the molecule is CO[C@@]1(CO)/C=C/C[C@H](C)[C@@H](C)S(=O)(=O)NC(=O)c2ccc3c(n2)N(CCCCc2cc(Cl)ccc2CO3)C[C@@H]2CC[C@H]21. The van der Waals surface area contributed by atoms with Crippen molar-refractivity contribution in [3.63, 3.8) is 0 Å². The number of carbonyl (C=O) groups excluding carboxylic acids is 1. The molecule has 43 heavy (non-hydrogen) atoms. The number of aliphatic hydroxyl groups excluding tert-OH is 1. The molecule has 0 saturated heterocycles. The first kappa shape index (κ1) is 31.8. The Kier molecular flexibility index (Phi) is 9.70. The van der Waals surface area contributed by atoms with Gasteiger partial charge in [-0.2, -0.15) is 0 Å². The molecule has 0 radical (unpaired) electrons. The molecule has 0 spiro atoms. The van der Waals surface area contributed by atoms with E-state index in [1.54, 1.807) is 20.1 Å². The number of ether oxygens (including phenoxy) is 2. The number of benzene rings is 1. The van der Waals surface area contributed by atoms with Crippen LogP contribution in [0.2, 0.25) is 5.02 Å². The number of amides is 1. The number of nitrogens with one attached hydrogen (secondary N) is 1. The van der Waals surface area contributed by atoms with Crippen LogP contribution in [0, 0.1) is 17.8 Å². The molecular formula is C32H42ClN3O6S. The molecule has 2 bridgehead atoms. The summed E-state index contributed by atoms with van der Waals surface area (Å²) in [6.07, 6.45) is 8.77. The monoisotopic (exact) mass is 631 g/mol. The first-order valence-electron chi connectivity index (χ1n) is 15.1. The Morgan fingerprint density at radius 2 is 2.00 bits per heavy atom. The van der Waals surface area contributed by atoms with Crippen molar-refractivity contribution in [2.45, 2.75) is 69.8 Å². The van der Waals surface area contributed by atoms with Crippen molar-refractivity contribution in [1.29, 1.82) is 0 Å². The van der Waals surface area contributed by atoms with Crippen molar-refractivity contribution >= 4 is 33.3 Å². The Labute approximate surface area is 259 Å². The Morgan fingerprint density at radius 1 is 1.19 bits per heavy atom. The van der Waals surface area contributed by atoms with E-state index in [-0.39, 0.29) is 30.1 Å². The number of halogens is 1. The summed E-state index contributed by atoms with van der Waals surface area (Å²) in [7, 11) is -2.37. The number of hydrogen-bond donors (Lipinski definition) is 2. The Hall–Kier alpha value is -2.66. The molecule has 0 unspecified atom stereocenters. The average Bonchev–Trinajstić information content (AvgIpc) is 3.00. The van der Waals surface area contributed by atoms with E-state index in [1.807, 2.05) is 37.3 Å². The summed E-state index contributed by atoms with van der Waals surface area (Å²) in [6.45, 7) is 4.85. The molecule has 1 aliphatic carbocycles. The molecule has 11 heteroatoms. The predicted octanol–water partition coefficient (Wildman–Crippen LogP) is 4.90. The summed E-state index contributed by atoms with van der Waals surface area (Å²) in [5, 5.41) is 10.4. The number of hydrogen-bond acceptors (Lipinski definition) is 8. The highest BCUT2D eigenvalue weighted by Gasteiger charge is 2.47. The molecule has 3 heterocycles. The molecule has 2 N–H and O–H groups in total. The number of fused-ring (bicyclic) bond motifs is 3. The molecular weight excluding hydrogens is 590 g/mol. The van der Waals surface area contributed by atoms with Gasteiger partial charge in [0.15, 0.2) is 11.6 Å². The quantitative estimate of drug-likeness (QED) is 0.449. The van der Waals surface area contributed by atoms with Crippen LogP contribution in [0.1, 0.15) is 67.6 Å². The largest absolute Gasteiger partial charge is 0.485 e. The van der Waals surface area contributed by atoms with Crippen molar-refractivity contribution in [3.8, 4) is 5.75 Å². The second-order valence-electron chi connectivity index (χ2n) is 12.2. The van der Waals surface area contributed by atoms with Gasteiger partial charge < -0.3 is 19.5 Å². The predicted molar refractivity (Wildman–Crippen MR) is 167 cm³/mol. The third-order valence-corrected chi connectivity index (χ3v) is 11.8. The summed E-state index contributed by atoms with van der Waals surface area (Å²) in [5.41, 5.74) is 1.31. The normalized spacial score (nSPS) is 30.3. The highest BCUT2D eigenvalue weighted by Crippen LogP contribution is 2.46. The minimum Gasteiger partial charge on any atom is -0.485 e. The average molecular weight is 632 g/mol. The van der Waals surface area contributed by atoms with Gasteiger partial charge in [-0.1, -0.05) is 36.7 Å². The number of sulfonamides is 1. The molecule has 5 rings (SSSR count). The van der Waals surface area contributed by atoms with E-state index in [1.165, 1.54) is 6.07 Å². The maximum absolute atomic E-state index is 13.3. The number of aromatic nitrogens is 1. The van der Waals surface area contributed by atoms with E-state index in [4.69, 9.17) is 26.1 Å². The lowest BCUT2D eigenvalue weighted by Gasteiger charge is -2.49. The number of nitrogens with zero attached hydrogens (tertiary/aromatic N) is 2. The van der Waals surface area contributed by atoms with Gasteiger partial charge in [-0.25, -0.2) is 18.1 Å². The first-order valence-corrected chi connectivity index (χ1v) is 17.0. The molecule has 1 amide bonds. The van der Waals surface area contributed by atoms with Gasteiger partial charge in [0.25, 0.3) is 5.91 Å². The number of aryl methyl sites for hydroxylation is 1. The minimum atomic E-state index is -3.99. The van der Waals surface area contributed by atoms with Crippen LogP contribution in [0.4, 0.5) is 5.82 Å². The minimum absolute atomic E-state index is 0.0107. The standard InChI is InChI=1S/C32H42ClN3O6S/c1-21-7-6-15-32(20-37,41-3)27-12-10-24(27)18-36-16-5-4-8-23-17-26(33)11-9-25(23)19-42-29-14-13-28(34-30(29)36)31(38)35-43(39,40)22(21)2/h6,9,11,13-15,17,21-22,24,27,37H,4-5,7-8,10,12,16,18-20H2,1-3H3,(H,35,38)/b15-6+/t21-,22+,24-,27+,32+/m0/s1. The fourth-order valence-corrected chi connectivity index (χ4v) is 7.94. The van der Waals surface area contributed by atoms with Gasteiger partial charge in [-0.15, -0.1) is 0 Å². The van der Waals surface area contributed by atoms with E-state index < -0.39 is 26.8 Å².